The van der Waals surface area contributed by atoms with E-state index in [0.29, 0.717) is 12.2 Å². The highest BCUT2D eigenvalue weighted by Crippen LogP contribution is 2.32. The molecule has 3 rings (SSSR count). The number of anilines is 1. The summed E-state index contributed by atoms with van der Waals surface area (Å²) in [5.41, 5.74) is 4.80. The first kappa shape index (κ1) is 22.4. The fourth-order valence-corrected chi connectivity index (χ4v) is 4.96. The van der Waals surface area contributed by atoms with Crippen molar-refractivity contribution in [1.82, 2.24) is 19.7 Å². The monoisotopic (exact) mass is 427 g/mol. The number of amides is 1. The standard InChI is InChI=1S/C23H33N5OS/c1-8-26(9-2)10-11-27(22(29)19-14-18(7)28(25-19)15(3)4)23-24-21-17(6)12-16(5)13-20(21)30-23/h12-15H,8-11H2,1-7H3. The second-order valence-electron chi connectivity index (χ2n) is 8.12. The lowest BCUT2D eigenvalue weighted by Crippen LogP contribution is -2.39. The van der Waals surface area contributed by atoms with Gasteiger partial charge in [0.05, 0.1) is 10.2 Å². The Kier molecular flexibility index (Phi) is 6.93. The van der Waals surface area contributed by atoms with Crippen LogP contribution < -0.4 is 4.90 Å². The predicted molar refractivity (Wildman–Crippen MR) is 126 cm³/mol. The topological polar surface area (TPSA) is 54.3 Å². The summed E-state index contributed by atoms with van der Waals surface area (Å²) >= 11 is 1.58. The van der Waals surface area contributed by atoms with Crippen LogP contribution in [-0.4, -0.2) is 51.8 Å². The number of thiazole rings is 1. The fraction of sp³-hybridized carbons (Fsp3) is 0.522. The number of rotatable bonds is 8. The first-order valence-corrected chi connectivity index (χ1v) is 11.5. The number of likely N-dealkylation sites (N-methyl/N-ethyl adjacent to an activating group) is 1. The fourth-order valence-electron chi connectivity index (χ4n) is 3.79. The Hall–Kier alpha value is -2.25. The molecule has 0 aliphatic heterocycles. The molecular weight excluding hydrogens is 394 g/mol. The minimum Gasteiger partial charge on any atom is -0.302 e. The van der Waals surface area contributed by atoms with Crippen LogP contribution in [0.25, 0.3) is 10.2 Å². The van der Waals surface area contributed by atoms with Gasteiger partial charge in [-0.05, 0) is 71.0 Å². The molecule has 0 atom stereocenters. The normalized spacial score (nSPS) is 11.8. The molecule has 7 heteroatoms. The van der Waals surface area contributed by atoms with Crippen molar-refractivity contribution in [3.05, 3.63) is 40.7 Å². The van der Waals surface area contributed by atoms with Gasteiger partial charge in [0.15, 0.2) is 10.8 Å². The molecule has 1 amide bonds. The summed E-state index contributed by atoms with van der Waals surface area (Å²) in [6.07, 6.45) is 0. The molecule has 0 aliphatic rings. The van der Waals surface area contributed by atoms with Crippen LogP contribution >= 0.6 is 11.3 Å². The van der Waals surface area contributed by atoms with E-state index in [0.717, 1.165) is 46.2 Å². The van der Waals surface area contributed by atoms with E-state index in [1.165, 1.54) is 5.56 Å². The minimum atomic E-state index is -0.0851. The Morgan fingerprint density at radius 1 is 1.10 bits per heavy atom. The number of hydrogen-bond acceptors (Lipinski definition) is 5. The summed E-state index contributed by atoms with van der Waals surface area (Å²) in [5, 5.41) is 5.34. The Bertz CT molecular complexity index is 1030. The van der Waals surface area contributed by atoms with Crippen LogP contribution in [0.5, 0.6) is 0 Å². The molecule has 30 heavy (non-hydrogen) atoms. The number of aromatic nitrogens is 3. The number of fused-ring (bicyclic) bond motifs is 1. The zero-order chi connectivity index (χ0) is 22.0. The molecule has 0 saturated heterocycles. The highest BCUT2D eigenvalue weighted by molar-refractivity contribution is 7.22. The van der Waals surface area contributed by atoms with Crippen molar-refractivity contribution in [1.29, 1.82) is 0 Å². The van der Waals surface area contributed by atoms with Gasteiger partial charge in [-0.15, -0.1) is 0 Å². The van der Waals surface area contributed by atoms with Gasteiger partial charge < -0.3 is 4.90 Å². The van der Waals surface area contributed by atoms with E-state index in [4.69, 9.17) is 4.98 Å². The third-order valence-corrected chi connectivity index (χ3v) is 6.48. The summed E-state index contributed by atoms with van der Waals surface area (Å²) in [5.74, 6) is -0.0851. The summed E-state index contributed by atoms with van der Waals surface area (Å²) < 4.78 is 3.02. The van der Waals surface area contributed by atoms with Gasteiger partial charge in [0.2, 0.25) is 0 Å². The molecular formula is C23H33N5OS. The summed E-state index contributed by atoms with van der Waals surface area (Å²) in [6, 6.07) is 6.38. The molecule has 0 unspecified atom stereocenters. The lowest BCUT2D eigenvalue weighted by atomic mass is 10.1. The number of benzene rings is 1. The lowest BCUT2D eigenvalue weighted by molar-refractivity contribution is 0.0978. The zero-order valence-corrected chi connectivity index (χ0v) is 20.0. The Balaban J connectivity index is 2.01. The van der Waals surface area contributed by atoms with Gasteiger partial charge in [-0.25, -0.2) is 4.98 Å². The summed E-state index contributed by atoms with van der Waals surface area (Å²) in [6.45, 7) is 17.9. The average Bonchev–Trinajstić information content (AvgIpc) is 3.28. The van der Waals surface area contributed by atoms with Crippen LogP contribution in [0.15, 0.2) is 18.2 Å². The summed E-state index contributed by atoms with van der Waals surface area (Å²) in [4.78, 5) is 22.5. The van der Waals surface area contributed by atoms with Crippen molar-refractivity contribution in [3.8, 4) is 0 Å². The van der Waals surface area contributed by atoms with Crippen molar-refractivity contribution >= 4 is 32.6 Å². The molecule has 0 bridgehead atoms. The maximum Gasteiger partial charge on any atom is 0.280 e. The van der Waals surface area contributed by atoms with Crippen LogP contribution in [0.2, 0.25) is 0 Å². The predicted octanol–water partition coefficient (Wildman–Crippen LogP) is 4.99. The van der Waals surface area contributed by atoms with E-state index < -0.39 is 0 Å². The van der Waals surface area contributed by atoms with Crippen molar-refractivity contribution in [2.24, 2.45) is 0 Å². The van der Waals surface area contributed by atoms with Crippen molar-refractivity contribution in [3.63, 3.8) is 0 Å². The van der Waals surface area contributed by atoms with Gasteiger partial charge in [-0.1, -0.05) is 31.3 Å². The molecule has 0 fully saturated rings. The Labute approximate surface area is 183 Å². The van der Waals surface area contributed by atoms with Crippen LogP contribution in [0.3, 0.4) is 0 Å². The number of carbonyl (C=O) groups is 1. The molecule has 2 heterocycles. The highest BCUT2D eigenvalue weighted by Gasteiger charge is 2.25. The molecule has 2 aromatic heterocycles. The molecule has 1 aromatic carbocycles. The second-order valence-corrected chi connectivity index (χ2v) is 9.13. The second kappa shape index (κ2) is 9.27. The molecule has 0 N–H and O–H groups in total. The first-order valence-electron chi connectivity index (χ1n) is 10.7. The lowest BCUT2D eigenvalue weighted by Gasteiger charge is -2.24. The van der Waals surface area contributed by atoms with Crippen LogP contribution in [0.4, 0.5) is 5.13 Å². The van der Waals surface area contributed by atoms with Crippen molar-refractivity contribution < 1.29 is 4.79 Å². The van der Waals surface area contributed by atoms with Gasteiger partial charge in [0.1, 0.15) is 0 Å². The Morgan fingerprint density at radius 3 is 2.40 bits per heavy atom. The van der Waals surface area contributed by atoms with Gasteiger partial charge in [0.25, 0.3) is 5.91 Å². The molecule has 0 spiro atoms. The maximum atomic E-state index is 13.5. The average molecular weight is 428 g/mol. The third kappa shape index (κ3) is 4.57. The number of carbonyl (C=O) groups excluding carboxylic acids is 1. The molecule has 3 aromatic rings. The maximum absolute atomic E-state index is 13.5. The smallest absolute Gasteiger partial charge is 0.280 e. The molecule has 0 radical (unpaired) electrons. The zero-order valence-electron chi connectivity index (χ0n) is 19.2. The van der Waals surface area contributed by atoms with Gasteiger partial charge in [-0.3, -0.25) is 14.4 Å². The van der Waals surface area contributed by atoms with Crippen molar-refractivity contribution in [2.45, 2.75) is 54.5 Å². The van der Waals surface area contributed by atoms with E-state index in [1.807, 2.05) is 22.6 Å². The van der Waals surface area contributed by atoms with Crippen molar-refractivity contribution in [2.75, 3.05) is 31.1 Å². The molecule has 0 saturated carbocycles. The molecule has 0 aliphatic carbocycles. The number of aryl methyl sites for hydroxylation is 3. The van der Waals surface area contributed by atoms with E-state index in [-0.39, 0.29) is 11.9 Å². The van der Waals surface area contributed by atoms with Crippen LogP contribution in [0, 0.1) is 20.8 Å². The number of hydrogen-bond donors (Lipinski definition) is 0. The number of nitrogens with zero attached hydrogens (tertiary/aromatic N) is 5. The van der Waals surface area contributed by atoms with Gasteiger partial charge in [-0.2, -0.15) is 5.10 Å². The van der Waals surface area contributed by atoms with E-state index in [1.54, 1.807) is 11.3 Å². The van der Waals surface area contributed by atoms with Gasteiger partial charge in [0, 0.05) is 24.8 Å². The quantitative estimate of drug-likeness (QED) is 0.508. The molecule has 6 nitrogen and oxygen atoms in total. The Morgan fingerprint density at radius 2 is 1.80 bits per heavy atom. The third-order valence-electron chi connectivity index (χ3n) is 5.46. The first-order chi connectivity index (χ1) is 14.2. The van der Waals surface area contributed by atoms with E-state index in [9.17, 15) is 4.79 Å². The highest BCUT2D eigenvalue weighted by atomic mass is 32.1. The minimum absolute atomic E-state index is 0.0851. The van der Waals surface area contributed by atoms with Crippen LogP contribution in [-0.2, 0) is 0 Å². The van der Waals surface area contributed by atoms with E-state index >= 15 is 0 Å². The largest absolute Gasteiger partial charge is 0.302 e. The van der Waals surface area contributed by atoms with Crippen LogP contribution in [0.1, 0.15) is 61.0 Å². The summed E-state index contributed by atoms with van der Waals surface area (Å²) in [7, 11) is 0. The van der Waals surface area contributed by atoms with Gasteiger partial charge >= 0.3 is 0 Å². The van der Waals surface area contributed by atoms with E-state index in [2.05, 4.69) is 63.7 Å². The molecule has 162 valence electrons. The SMILES string of the molecule is CCN(CC)CCN(C(=O)c1cc(C)n(C(C)C)n1)c1nc2c(C)cc(C)cc2s1.